The number of rotatable bonds is 4. The van der Waals surface area contributed by atoms with E-state index in [1.165, 1.54) is 12.1 Å². The van der Waals surface area contributed by atoms with Crippen LogP contribution in [0.25, 0.3) is 0 Å². The molecule has 3 nitrogen and oxygen atoms in total. The Hall–Kier alpha value is -1.54. The van der Waals surface area contributed by atoms with Crippen LogP contribution in [0.4, 0.5) is 18.9 Å². The molecule has 8 heteroatoms. The Bertz CT molecular complexity index is 764. The summed E-state index contributed by atoms with van der Waals surface area (Å²) >= 11 is 3.22. The summed E-state index contributed by atoms with van der Waals surface area (Å²) in [5.74, 6) is -3.93. The zero-order valence-corrected chi connectivity index (χ0v) is 12.8. The molecule has 0 aliphatic rings. The summed E-state index contributed by atoms with van der Waals surface area (Å²) < 4.78 is 65.3. The van der Waals surface area contributed by atoms with E-state index in [-0.39, 0.29) is 11.0 Å². The molecule has 0 aliphatic heterocycles. The van der Waals surface area contributed by atoms with Crippen LogP contribution in [-0.4, -0.2) is 8.42 Å². The SMILES string of the molecule is O=S(=O)(Nc1cc(F)c(F)cc1F)c1ccc(CBr)cc1. The van der Waals surface area contributed by atoms with E-state index in [0.717, 1.165) is 5.56 Å². The maximum Gasteiger partial charge on any atom is 0.261 e. The van der Waals surface area contributed by atoms with E-state index in [0.29, 0.717) is 11.4 Å². The molecule has 2 rings (SSSR count). The first-order chi connectivity index (χ1) is 9.83. The van der Waals surface area contributed by atoms with Gasteiger partial charge in [-0.3, -0.25) is 4.72 Å². The van der Waals surface area contributed by atoms with Crippen LogP contribution in [0.15, 0.2) is 41.3 Å². The molecule has 2 aromatic carbocycles. The van der Waals surface area contributed by atoms with Crippen molar-refractivity contribution >= 4 is 31.6 Å². The van der Waals surface area contributed by atoms with Crippen LogP contribution < -0.4 is 4.72 Å². The van der Waals surface area contributed by atoms with E-state index in [1.54, 1.807) is 12.1 Å². The van der Waals surface area contributed by atoms with Crippen molar-refractivity contribution in [1.29, 1.82) is 0 Å². The van der Waals surface area contributed by atoms with Gasteiger partial charge in [0.2, 0.25) is 0 Å². The fourth-order valence-corrected chi connectivity index (χ4v) is 2.99. The normalized spacial score (nSPS) is 11.4. The molecule has 0 heterocycles. The van der Waals surface area contributed by atoms with Crippen LogP contribution >= 0.6 is 15.9 Å². The van der Waals surface area contributed by atoms with Crippen molar-refractivity contribution in [2.24, 2.45) is 0 Å². The number of benzene rings is 2. The molecule has 0 saturated heterocycles. The lowest BCUT2D eigenvalue weighted by Gasteiger charge is -2.09. The first-order valence-corrected chi connectivity index (χ1v) is 8.26. The van der Waals surface area contributed by atoms with Crippen molar-refractivity contribution in [2.75, 3.05) is 4.72 Å². The van der Waals surface area contributed by atoms with Crippen LogP contribution in [0.1, 0.15) is 5.56 Å². The summed E-state index contributed by atoms with van der Waals surface area (Å²) in [6.45, 7) is 0. The molecular formula is C13H9BrF3NO2S. The number of sulfonamides is 1. The van der Waals surface area contributed by atoms with E-state index in [1.807, 2.05) is 4.72 Å². The predicted octanol–water partition coefficient (Wildman–Crippen LogP) is 3.80. The standard InChI is InChI=1S/C13H9BrF3NO2S/c14-7-8-1-3-9(4-2-8)21(19,20)18-13-6-11(16)10(15)5-12(13)17/h1-6,18H,7H2. The van der Waals surface area contributed by atoms with Crippen LogP contribution in [0.5, 0.6) is 0 Å². The number of nitrogens with one attached hydrogen (secondary N) is 1. The van der Waals surface area contributed by atoms with Crippen LogP contribution in [0.3, 0.4) is 0 Å². The molecule has 0 unspecified atom stereocenters. The molecule has 2 aromatic rings. The molecule has 0 amide bonds. The Morgan fingerprint density at radius 2 is 1.52 bits per heavy atom. The zero-order valence-electron chi connectivity index (χ0n) is 10.4. The van der Waals surface area contributed by atoms with E-state index in [4.69, 9.17) is 0 Å². The van der Waals surface area contributed by atoms with E-state index in [2.05, 4.69) is 15.9 Å². The number of hydrogen-bond donors (Lipinski definition) is 1. The Morgan fingerprint density at radius 3 is 2.10 bits per heavy atom. The molecule has 112 valence electrons. The molecule has 1 N–H and O–H groups in total. The summed E-state index contributed by atoms with van der Waals surface area (Å²) in [5, 5.41) is 0.554. The van der Waals surface area contributed by atoms with Gasteiger partial charge in [-0.2, -0.15) is 0 Å². The molecule has 0 bridgehead atoms. The molecule has 0 spiro atoms. The van der Waals surface area contributed by atoms with Crippen molar-refractivity contribution < 1.29 is 21.6 Å². The summed E-state index contributed by atoms with van der Waals surface area (Å²) in [6.07, 6.45) is 0. The van der Waals surface area contributed by atoms with Gasteiger partial charge in [0.15, 0.2) is 11.6 Å². The van der Waals surface area contributed by atoms with Crippen LogP contribution in [0.2, 0.25) is 0 Å². The highest BCUT2D eigenvalue weighted by Crippen LogP contribution is 2.22. The number of halogens is 4. The first-order valence-electron chi connectivity index (χ1n) is 5.66. The molecule has 21 heavy (non-hydrogen) atoms. The third kappa shape index (κ3) is 3.56. The van der Waals surface area contributed by atoms with Gasteiger partial charge in [0, 0.05) is 17.5 Å². The quantitative estimate of drug-likeness (QED) is 0.648. The van der Waals surface area contributed by atoms with Crippen LogP contribution in [-0.2, 0) is 15.4 Å². The summed E-state index contributed by atoms with van der Waals surface area (Å²) in [7, 11) is -4.08. The lowest BCUT2D eigenvalue weighted by Crippen LogP contribution is -2.14. The summed E-state index contributed by atoms with van der Waals surface area (Å²) in [5.41, 5.74) is 0.200. The van der Waals surface area contributed by atoms with Gasteiger partial charge >= 0.3 is 0 Å². The van der Waals surface area contributed by atoms with E-state index >= 15 is 0 Å². The van der Waals surface area contributed by atoms with Gasteiger partial charge in [-0.05, 0) is 17.7 Å². The fourth-order valence-electron chi connectivity index (χ4n) is 1.56. The predicted molar refractivity (Wildman–Crippen MR) is 76.2 cm³/mol. The van der Waals surface area contributed by atoms with Gasteiger partial charge in [-0.25, -0.2) is 21.6 Å². The second-order valence-corrected chi connectivity index (χ2v) is 6.37. The third-order valence-electron chi connectivity index (χ3n) is 2.64. The molecule has 0 aromatic heterocycles. The summed E-state index contributed by atoms with van der Waals surface area (Å²) in [6, 6.07) is 6.54. The van der Waals surface area contributed by atoms with E-state index in [9.17, 15) is 21.6 Å². The highest BCUT2D eigenvalue weighted by molar-refractivity contribution is 9.08. The van der Waals surface area contributed by atoms with Gasteiger partial charge in [0.25, 0.3) is 10.0 Å². The Labute approximate surface area is 128 Å². The maximum atomic E-state index is 13.5. The summed E-state index contributed by atoms with van der Waals surface area (Å²) in [4.78, 5) is -0.115. The third-order valence-corrected chi connectivity index (χ3v) is 4.67. The number of alkyl halides is 1. The Kier molecular flexibility index (Phi) is 4.58. The topological polar surface area (TPSA) is 46.2 Å². The monoisotopic (exact) mass is 379 g/mol. The second kappa shape index (κ2) is 6.07. The minimum absolute atomic E-state index is 0.115. The fraction of sp³-hybridized carbons (Fsp3) is 0.0769. The van der Waals surface area contributed by atoms with E-state index < -0.39 is 33.2 Å². The van der Waals surface area contributed by atoms with Crippen molar-refractivity contribution in [1.82, 2.24) is 0 Å². The van der Waals surface area contributed by atoms with Gasteiger partial charge < -0.3 is 0 Å². The molecule has 0 aliphatic carbocycles. The number of anilines is 1. The molecule has 0 saturated carbocycles. The van der Waals surface area contributed by atoms with Crippen molar-refractivity contribution in [3.05, 3.63) is 59.4 Å². The zero-order chi connectivity index (χ0) is 15.6. The molecule has 0 fully saturated rings. The average molecular weight is 380 g/mol. The molecule has 0 radical (unpaired) electrons. The smallest absolute Gasteiger partial charge is 0.261 e. The highest BCUT2D eigenvalue weighted by atomic mass is 79.9. The van der Waals surface area contributed by atoms with Gasteiger partial charge in [0.1, 0.15) is 5.82 Å². The maximum absolute atomic E-state index is 13.5. The first kappa shape index (κ1) is 15.8. The van der Waals surface area contributed by atoms with Crippen LogP contribution in [0, 0.1) is 17.5 Å². The second-order valence-electron chi connectivity index (χ2n) is 4.13. The molecular weight excluding hydrogens is 371 g/mol. The highest BCUT2D eigenvalue weighted by Gasteiger charge is 2.18. The number of hydrogen-bond acceptors (Lipinski definition) is 2. The Balaban J connectivity index is 2.34. The average Bonchev–Trinajstić information content (AvgIpc) is 2.44. The largest absolute Gasteiger partial charge is 0.277 e. The molecule has 0 atom stereocenters. The van der Waals surface area contributed by atoms with Crippen molar-refractivity contribution in [3.63, 3.8) is 0 Å². The van der Waals surface area contributed by atoms with Crippen molar-refractivity contribution in [2.45, 2.75) is 10.2 Å². The minimum atomic E-state index is -4.08. The van der Waals surface area contributed by atoms with Gasteiger partial charge in [0.05, 0.1) is 10.6 Å². The van der Waals surface area contributed by atoms with Gasteiger partial charge in [-0.15, -0.1) is 0 Å². The van der Waals surface area contributed by atoms with Crippen molar-refractivity contribution in [3.8, 4) is 0 Å². The lowest BCUT2D eigenvalue weighted by molar-refractivity contribution is 0.496. The lowest BCUT2D eigenvalue weighted by atomic mass is 10.2. The minimum Gasteiger partial charge on any atom is -0.277 e. The Morgan fingerprint density at radius 1 is 0.952 bits per heavy atom. The van der Waals surface area contributed by atoms with Gasteiger partial charge in [-0.1, -0.05) is 28.1 Å².